The lowest BCUT2D eigenvalue weighted by atomic mass is 9.87. The van der Waals surface area contributed by atoms with Crippen molar-refractivity contribution in [3.8, 4) is 0 Å². The fraction of sp³-hybridized carbons (Fsp3) is 0.769. The summed E-state index contributed by atoms with van der Waals surface area (Å²) < 4.78 is 9.84. The monoisotopic (exact) mass is 288 g/mol. The van der Waals surface area contributed by atoms with Crippen LogP contribution in [0.15, 0.2) is 0 Å². The molecule has 0 aromatic rings. The first-order chi connectivity index (χ1) is 8.93. The van der Waals surface area contributed by atoms with E-state index >= 15 is 0 Å². The highest BCUT2D eigenvalue weighted by molar-refractivity contribution is 8.00. The van der Waals surface area contributed by atoms with E-state index in [1.54, 1.807) is 13.8 Å². The van der Waals surface area contributed by atoms with E-state index in [4.69, 9.17) is 9.47 Å². The number of carbonyl (C=O) groups is 3. The lowest BCUT2D eigenvalue weighted by Gasteiger charge is -2.34. The summed E-state index contributed by atoms with van der Waals surface area (Å²) in [5, 5.41) is -0.376. The van der Waals surface area contributed by atoms with E-state index in [0.717, 1.165) is 0 Å². The van der Waals surface area contributed by atoms with Crippen LogP contribution in [-0.2, 0) is 23.9 Å². The number of rotatable bonds is 4. The minimum absolute atomic E-state index is 0.188. The molecular formula is C13H20O5S. The van der Waals surface area contributed by atoms with Gasteiger partial charge in [0.15, 0.2) is 5.78 Å². The molecule has 1 saturated heterocycles. The van der Waals surface area contributed by atoms with E-state index < -0.39 is 23.8 Å². The molecular weight excluding hydrogens is 268 g/mol. The first-order valence-corrected chi connectivity index (χ1v) is 7.40. The van der Waals surface area contributed by atoms with E-state index in [9.17, 15) is 14.4 Å². The number of Topliss-reactive ketones (excluding diaryl/α,β-unsaturated/α-hetero) is 1. The molecule has 0 N–H and O–H groups in total. The number of carbonyl (C=O) groups excluding carboxylic acids is 3. The zero-order chi connectivity index (χ0) is 14.6. The third-order valence-electron chi connectivity index (χ3n) is 3.06. The molecule has 0 saturated carbocycles. The van der Waals surface area contributed by atoms with Gasteiger partial charge in [-0.3, -0.25) is 14.4 Å². The molecule has 0 radical (unpaired) electrons. The van der Waals surface area contributed by atoms with Crippen molar-refractivity contribution < 1.29 is 23.9 Å². The Labute approximate surface area is 117 Å². The van der Waals surface area contributed by atoms with Gasteiger partial charge in [0.1, 0.15) is 11.8 Å². The van der Waals surface area contributed by atoms with Gasteiger partial charge in [0.05, 0.1) is 13.2 Å². The van der Waals surface area contributed by atoms with Gasteiger partial charge in [-0.15, -0.1) is 0 Å². The zero-order valence-electron chi connectivity index (χ0n) is 11.7. The molecule has 0 amide bonds. The van der Waals surface area contributed by atoms with Gasteiger partial charge in [-0.2, -0.15) is 11.8 Å². The third-order valence-corrected chi connectivity index (χ3v) is 4.47. The van der Waals surface area contributed by atoms with E-state index in [1.807, 2.05) is 13.8 Å². The molecule has 0 aromatic carbocycles. The van der Waals surface area contributed by atoms with Crippen LogP contribution in [0.3, 0.4) is 0 Å². The molecule has 0 unspecified atom stereocenters. The van der Waals surface area contributed by atoms with Crippen LogP contribution in [0.2, 0.25) is 0 Å². The summed E-state index contributed by atoms with van der Waals surface area (Å²) in [6.07, 6.45) is 0. The van der Waals surface area contributed by atoms with Crippen LogP contribution in [0.4, 0.5) is 0 Å². The highest BCUT2D eigenvalue weighted by Crippen LogP contribution is 2.38. The van der Waals surface area contributed by atoms with Crippen LogP contribution in [0.25, 0.3) is 0 Å². The number of hydrogen-bond donors (Lipinski definition) is 0. The first-order valence-electron chi connectivity index (χ1n) is 6.46. The van der Waals surface area contributed by atoms with Crippen LogP contribution in [0, 0.1) is 11.8 Å². The molecule has 4 atom stereocenters. The molecule has 1 heterocycles. The molecule has 1 aliphatic rings. The van der Waals surface area contributed by atoms with Crippen LogP contribution in [0.1, 0.15) is 27.7 Å². The third kappa shape index (κ3) is 3.49. The minimum atomic E-state index is -0.879. The maximum atomic E-state index is 12.4. The van der Waals surface area contributed by atoms with Crippen molar-refractivity contribution in [3.63, 3.8) is 0 Å². The van der Waals surface area contributed by atoms with Gasteiger partial charge in [0, 0.05) is 10.5 Å². The number of ketones is 1. The first kappa shape index (κ1) is 16.0. The quantitative estimate of drug-likeness (QED) is 0.576. The van der Waals surface area contributed by atoms with E-state index in [1.165, 1.54) is 11.8 Å². The standard InChI is InChI=1S/C13H20O5S/c1-5-17-12(15)9-7(3)19-8(4)10(11(9)14)13(16)18-6-2/h7-10H,5-6H2,1-4H3/t7-,8-,9-,10+/m1/s1. The van der Waals surface area contributed by atoms with Crippen LogP contribution < -0.4 is 0 Å². The second-order valence-electron chi connectivity index (χ2n) is 4.41. The number of esters is 2. The Balaban J connectivity index is 2.92. The van der Waals surface area contributed by atoms with Crippen molar-refractivity contribution >= 4 is 29.5 Å². The zero-order valence-corrected chi connectivity index (χ0v) is 12.5. The topological polar surface area (TPSA) is 69.7 Å². The summed E-state index contributed by atoms with van der Waals surface area (Å²) in [5.74, 6) is -3.23. The van der Waals surface area contributed by atoms with E-state index in [-0.39, 0.29) is 29.5 Å². The smallest absolute Gasteiger partial charge is 0.317 e. The number of thioether (sulfide) groups is 1. The Hall–Kier alpha value is -1.04. The number of hydrogen-bond acceptors (Lipinski definition) is 6. The molecule has 108 valence electrons. The Bertz CT molecular complexity index is 336. The highest BCUT2D eigenvalue weighted by Gasteiger charge is 2.48. The van der Waals surface area contributed by atoms with Gasteiger partial charge in [0.2, 0.25) is 0 Å². The Morgan fingerprint density at radius 2 is 1.37 bits per heavy atom. The normalized spacial score (nSPS) is 30.8. The van der Waals surface area contributed by atoms with Gasteiger partial charge in [-0.1, -0.05) is 13.8 Å². The van der Waals surface area contributed by atoms with Crippen LogP contribution in [-0.4, -0.2) is 41.4 Å². The fourth-order valence-electron chi connectivity index (χ4n) is 2.23. The van der Waals surface area contributed by atoms with Gasteiger partial charge in [-0.05, 0) is 13.8 Å². The molecule has 5 nitrogen and oxygen atoms in total. The van der Waals surface area contributed by atoms with Crippen molar-refractivity contribution in [1.82, 2.24) is 0 Å². The second-order valence-corrected chi connectivity index (χ2v) is 6.17. The Kier molecular flexibility index (Phi) is 5.85. The molecule has 1 fully saturated rings. The lowest BCUT2D eigenvalue weighted by Crippen LogP contribution is -2.48. The Morgan fingerprint density at radius 3 is 1.68 bits per heavy atom. The summed E-state index contributed by atoms with van der Waals surface area (Å²) >= 11 is 1.45. The summed E-state index contributed by atoms with van der Waals surface area (Å²) in [4.78, 5) is 36.1. The van der Waals surface area contributed by atoms with Crippen molar-refractivity contribution in [2.24, 2.45) is 11.8 Å². The molecule has 0 aliphatic carbocycles. The average molecular weight is 288 g/mol. The predicted octanol–water partition coefficient (Wildman–Crippen LogP) is 1.44. The second kappa shape index (κ2) is 6.93. The van der Waals surface area contributed by atoms with Crippen molar-refractivity contribution in [3.05, 3.63) is 0 Å². The van der Waals surface area contributed by atoms with Crippen LogP contribution in [0.5, 0.6) is 0 Å². The Morgan fingerprint density at radius 1 is 1.00 bits per heavy atom. The minimum Gasteiger partial charge on any atom is -0.465 e. The van der Waals surface area contributed by atoms with Crippen molar-refractivity contribution in [2.75, 3.05) is 13.2 Å². The molecule has 0 bridgehead atoms. The van der Waals surface area contributed by atoms with Crippen molar-refractivity contribution in [2.45, 2.75) is 38.2 Å². The summed E-state index contributed by atoms with van der Waals surface area (Å²) in [7, 11) is 0. The van der Waals surface area contributed by atoms with Gasteiger partial charge >= 0.3 is 11.9 Å². The largest absolute Gasteiger partial charge is 0.465 e. The molecule has 6 heteroatoms. The van der Waals surface area contributed by atoms with Gasteiger partial charge in [0.25, 0.3) is 0 Å². The highest BCUT2D eigenvalue weighted by atomic mass is 32.2. The van der Waals surface area contributed by atoms with E-state index in [2.05, 4.69) is 0 Å². The molecule has 0 aromatic heterocycles. The summed E-state index contributed by atoms with van der Waals surface area (Å²) in [6.45, 7) is 7.44. The lowest BCUT2D eigenvalue weighted by molar-refractivity contribution is -0.157. The molecule has 19 heavy (non-hydrogen) atoms. The molecule has 1 aliphatic heterocycles. The van der Waals surface area contributed by atoms with Crippen molar-refractivity contribution in [1.29, 1.82) is 0 Å². The predicted molar refractivity (Wildman–Crippen MR) is 71.8 cm³/mol. The number of ether oxygens (including phenoxy) is 2. The van der Waals surface area contributed by atoms with Crippen LogP contribution >= 0.6 is 11.8 Å². The van der Waals surface area contributed by atoms with Gasteiger partial charge < -0.3 is 9.47 Å². The molecule has 1 rings (SSSR count). The van der Waals surface area contributed by atoms with E-state index in [0.29, 0.717) is 0 Å². The summed E-state index contributed by atoms with van der Waals surface area (Å²) in [6, 6.07) is 0. The maximum absolute atomic E-state index is 12.4. The average Bonchev–Trinajstić information content (AvgIpc) is 2.28. The summed E-state index contributed by atoms with van der Waals surface area (Å²) in [5.41, 5.74) is 0. The fourth-order valence-corrected chi connectivity index (χ4v) is 3.71. The maximum Gasteiger partial charge on any atom is 0.317 e. The molecule has 0 spiro atoms. The SMILES string of the molecule is CCOC(=O)[C@@H]1C(=O)[C@H](C(=O)OCC)[C@@H](C)S[C@@H]1C. The van der Waals surface area contributed by atoms with Gasteiger partial charge in [-0.25, -0.2) is 0 Å².